The van der Waals surface area contributed by atoms with Crippen molar-refractivity contribution in [2.24, 2.45) is 4.99 Å². The van der Waals surface area contributed by atoms with E-state index in [1.165, 1.54) is 19.1 Å². The molecule has 0 spiro atoms. The first-order valence-electron chi connectivity index (χ1n) is 8.70. The summed E-state index contributed by atoms with van der Waals surface area (Å²) in [7, 11) is 0. The van der Waals surface area contributed by atoms with Crippen molar-refractivity contribution in [3.8, 4) is 0 Å². The van der Waals surface area contributed by atoms with E-state index in [2.05, 4.69) is 20.9 Å². The highest BCUT2D eigenvalue weighted by Crippen LogP contribution is 2.09. The second-order valence-corrected chi connectivity index (χ2v) is 5.88. The van der Waals surface area contributed by atoms with Gasteiger partial charge in [0.1, 0.15) is 5.82 Å². The fourth-order valence-corrected chi connectivity index (χ4v) is 2.43. The maximum atomic E-state index is 13.2. The molecule has 0 aliphatic rings. The molecule has 6 heteroatoms. The molecular weight excluding hydrogens is 331 g/mol. The number of nitrogens with zero attached hydrogens (tertiary/aromatic N) is 1. The van der Waals surface area contributed by atoms with Gasteiger partial charge in [0.2, 0.25) is 5.91 Å². The second kappa shape index (κ2) is 10.2. The minimum Gasteiger partial charge on any atom is -0.357 e. The summed E-state index contributed by atoms with van der Waals surface area (Å²) >= 11 is 0. The van der Waals surface area contributed by atoms with Gasteiger partial charge in [-0.25, -0.2) is 9.38 Å². The van der Waals surface area contributed by atoms with Crippen molar-refractivity contribution in [2.45, 2.75) is 26.8 Å². The van der Waals surface area contributed by atoms with E-state index in [0.717, 1.165) is 29.8 Å². The SMILES string of the molecule is CCNC(=NCc1cccc(F)c1)NCCc1ccc(NC(C)=O)cc1. The molecule has 0 unspecified atom stereocenters. The Labute approximate surface area is 153 Å². The number of benzene rings is 2. The van der Waals surface area contributed by atoms with Crippen LogP contribution in [0.15, 0.2) is 53.5 Å². The van der Waals surface area contributed by atoms with Crippen molar-refractivity contribution in [1.82, 2.24) is 10.6 Å². The van der Waals surface area contributed by atoms with Crippen molar-refractivity contribution in [2.75, 3.05) is 18.4 Å². The highest BCUT2D eigenvalue weighted by atomic mass is 19.1. The lowest BCUT2D eigenvalue weighted by atomic mass is 10.1. The van der Waals surface area contributed by atoms with Gasteiger partial charge in [-0.1, -0.05) is 24.3 Å². The molecule has 0 saturated heterocycles. The summed E-state index contributed by atoms with van der Waals surface area (Å²) < 4.78 is 13.2. The highest BCUT2D eigenvalue weighted by molar-refractivity contribution is 5.88. The fourth-order valence-electron chi connectivity index (χ4n) is 2.43. The lowest BCUT2D eigenvalue weighted by molar-refractivity contribution is -0.114. The van der Waals surface area contributed by atoms with E-state index in [9.17, 15) is 9.18 Å². The van der Waals surface area contributed by atoms with Crippen molar-refractivity contribution in [3.05, 3.63) is 65.5 Å². The first kappa shape index (κ1) is 19.4. The molecule has 26 heavy (non-hydrogen) atoms. The van der Waals surface area contributed by atoms with Crippen LogP contribution in [0, 0.1) is 5.82 Å². The Balaban J connectivity index is 1.85. The molecule has 0 fully saturated rings. The fraction of sp³-hybridized carbons (Fsp3) is 0.300. The molecule has 0 saturated carbocycles. The van der Waals surface area contributed by atoms with Gasteiger partial charge in [-0.05, 0) is 48.7 Å². The summed E-state index contributed by atoms with van der Waals surface area (Å²) in [6, 6.07) is 14.2. The predicted molar refractivity (Wildman–Crippen MR) is 104 cm³/mol. The van der Waals surface area contributed by atoms with Crippen LogP contribution in [-0.4, -0.2) is 25.0 Å². The third-order valence-electron chi connectivity index (χ3n) is 3.63. The van der Waals surface area contributed by atoms with Crippen molar-refractivity contribution in [3.63, 3.8) is 0 Å². The number of hydrogen-bond acceptors (Lipinski definition) is 2. The molecule has 0 aliphatic heterocycles. The van der Waals surface area contributed by atoms with Crippen LogP contribution < -0.4 is 16.0 Å². The van der Waals surface area contributed by atoms with Crippen LogP contribution in [-0.2, 0) is 17.8 Å². The number of amides is 1. The zero-order valence-electron chi connectivity index (χ0n) is 15.2. The number of rotatable bonds is 7. The van der Waals surface area contributed by atoms with Crippen LogP contribution in [0.2, 0.25) is 0 Å². The Hall–Kier alpha value is -2.89. The van der Waals surface area contributed by atoms with Gasteiger partial charge in [-0.2, -0.15) is 0 Å². The maximum absolute atomic E-state index is 13.2. The number of hydrogen-bond donors (Lipinski definition) is 3. The molecular formula is C20H25FN4O. The normalized spacial score (nSPS) is 11.1. The van der Waals surface area contributed by atoms with Gasteiger partial charge in [-0.15, -0.1) is 0 Å². The van der Waals surface area contributed by atoms with Crippen LogP contribution in [0.5, 0.6) is 0 Å². The first-order chi connectivity index (χ1) is 12.6. The number of halogens is 1. The van der Waals surface area contributed by atoms with Crippen LogP contribution in [0.4, 0.5) is 10.1 Å². The Morgan fingerprint density at radius 1 is 1.08 bits per heavy atom. The Morgan fingerprint density at radius 2 is 1.85 bits per heavy atom. The standard InChI is InChI=1S/C20H25FN4O/c1-3-22-20(24-14-17-5-4-6-18(21)13-17)23-12-11-16-7-9-19(10-8-16)25-15(2)26/h4-10,13H,3,11-12,14H2,1-2H3,(H,25,26)(H2,22,23,24). The third-order valence-corrected chi connectivity index (χ3v) is 3.63. The summed E-state index contributed by atoms with van der Waals surface area (Å²) in [6.45, 7) is 5.37. The Morgan fingerprint density at radius 3 is 2.50 bits per heavy atom. The maximum Gasteiger partial charge on any atom is 0.221 e. The number of anilines is 1. The lowest BCUT2D eigenvalue weighted by Crippen LogP contribution is -2.38. The third kappa shape index (κ3) is 6.93. The first-order valence-corrected chi connectivity index (χ1v) is 8.70. The summed E-state index contributed by atoms with van der Waals surface area (Å²) in [5, 5.41) is 9.21. The minimum atomic E-state index is -0.252. The van der Waals surface area contributed by atoms with Crippen LogP contribution >= 0.6 is 0 Å². The quantitative estimate of drug-likeness (QED) is 0.528. The van der Waals surface area contributed by atoms with Crippen LogP contribution in [0.25, 0.3) is 0 Å². The zero-order chi connectivity index (χ0) is 18.8. The summed E-state index contributed by atoms with van der Waals surface area (Å²) in [4.78, 5) is 15.5. The number of carbonyl (C=O) groups is 1. The monoisotopic (exact) mass is 356 g/mol. The van der Waals surface area contributed by atoms with E-state index in [4.69, 9.17) is 0 Å². The van der Waals surface area contributed by atoms with Gasteiger partial charge in [-0.3, -0.25) is 4.79 Å². The highest BCUT2D eigenvalue weighted by Gasteiger charge is 2.00. The van der Waals surface area contributed by atoms with Gasteiger partial charge < -0.3 is 16.0 Å². The van der Waals surface area contributed by atoms with E-state index in [1.54, 1.807) is 6.07 Å². The van der Waals surface area contributed by atoms with E-state index in [0.29, 0.717) is 19.0 Å². The molecule has 3 N–H and O–H groups in total. The van der Waals surface area contributed by atoms with Crippen LogP contribution in [0.3, 0.4) is 0 Å². The van der Waals surface area contributed by atoms with E-state index >= 15 is 0 Å². The molecule has 0 heterocycles. The topological polar surface area (TPSA) is 65.5 Å². The smallest absolute Gasteiger partial charge is 0.221 e. The van der Waals surface area contributed by atoms with Gasteiger partial charge in [0.05, 0.1) is 6.54 Å². The molecule has 1 amide bonds. The van der Waals surface area contributed by atoms with Crippen molar-refractivity contribution in [1.29, 1.82) is 0 Å². The average Bonchev–Trinajstić information content (AvgIpc) is 2.61. The molecule has 138 valence electrons. The predicted octanol–water partition coefficient (Wildman–Crippen LogP) is 3.08. The van der Waals surface area contributed by atoms with E-state index in [-0.39, 0.29) is 11.7 Å². The molecule has 0 aromatic heterocycles. The number of guanidine groups is 1. The van der Waals surface area contributed by atoms with E-state index < -0.39 is 0 Å². The molecule has 5 nitrogen and oxygen atoms in total. The molecule has 0 aliphatic carbocycles. The minimum absolute atomic E-state index is 0.0794. The van der Waals surface area contributed by atoms with Gasteiger partial charge in [0.15, 0.2) is 5.96 Å². The van der Waals surface area contributed by atoms with Gasteiger partial charge in [0, 0.05) is 25.7 Å². The van der Waals surface area contributed by atoms with Gasteiger partial charge >= 0.3 is 0 Å². The molecule has 2 rings (SSSR count). The Bertz CT molecular complexity index is 744. The number of nitrogens with one attached hydrogen (secondary N) is 3. The number of aliphatic imine (C=N–C) groups is 1. The molecule has 0 atom stereocenters. The van der Waals surface area contributed by atoms with Crippen LogP contribution in [0.1, 0.15) is 25.0 Å². The van der Waals surface area contributed by atoms with Crippen molar-refractivity contribution >= 4 is 17.6 Å². The molecule has 2 aromatic rings. The van der Waals surface area contributed by atoms with Gasteiger partial charge in [0.25, 0.3) is 0 Å². The average molecular weight is 356 g/mol. The summed E-state index contributed by atoms with van der Waals surface area (Å²) in [5.74, 6) is 0.370. The molecule has 0 bridgehead atoms. The molecule has 0 radical (unpaired) electrons. The molecule has 2 aromatic carbocycles. The number of carbonyl (C=O) groups excluding carboxylic acids is 1. The zero-order valence-corrected chi connectivity index (χ0v) is 15.2. The lowest BCUT2D eigenvalue weighted by Gasteiger charge is -2.11. The Kier molecular flexibility index (Phi) is 7.61. The van der Waals surface area contributed by atoms with Crippen molar-refractivity contribution < 1.29 is 9.18 Å². The summed E-state index contributed by atoms with van der Waals surface area (Å²) in [5.41, 5.74) is 2.78. The summed E-state index contributed by atoms with van der Waals surface area (Å²) in [6.07, 6.45) is 0.824. The largest absolute Gasteiger partial charge is 0.357 e. The van der Waals surface area contributed by atoms with E-state index in [1.807, 2.05) is 37.3 Å². The second-order valence-electron chi connectivity index (χ2n) is 5.88.